The van der Waals surface area contributed by atoms with Crippen molar-refractivity contribution in [3.05, 3.63) is 29.8 Å². The summed E-state index contributed by atoms with van der Waals surface area (Å²) in [7, 11) is 4.18. The van der Waals surface area contributed by atoms with Crippen LogP contribution in [0.1, 0.15) is 31.4 Å². The van der Waals surface area contributed by atoms with Crippen molar-refractivity contribution < 1.29 is 4.74 Å². The molecule has 0 aliphatic heterocycles. The molecule has 17 heavy (non-hydrogen) atoms. The van der Waals surface area contributed by atoms with Crippen LogP contribution in [0.15, 0.2) is 24.3 Å². The summed E-state index contributed by atoms with van der Waals surface area (Å²) < 4.78 is 5.46. The third kappa shape index (κ3) is 2.61. The third-order valence-corrected chi connectivity index (χ3v) is 3.40. The second-order valence-electron chi connectivity index (χ2n) is 5.10. The summed E-state index contributed by atoms with van der Waals surface area (Å²) >= 11 is 0. The van der Waals surface area contributed by atoms with Crippen molar-refractivity contribution in [2.75, 3.05) is 20.7 Å². The molecule has 0 saturated heterocycles. The molecule has 1 aliphatic rings. The molecule has 1 aromatic carbocycles. The number of hydrogen-bond donors (Lipinski definition) is 1. The Morgan fingerprint density at radius 3 is 2.29 bits per heavy atom. The van der Waals surface area contributed by atoms with Crippen LogP contribution >= 0.6 is 0 Å². The topological polar surface area (TPSA) is 38.5 Å². The Labute approximate surface area is 104 Å². The van der Waals surface area contributed by atoms with E-state index in [1.807, 2.05) is 19.1 Å². The maximum atomic E-state index is 6.35. The molecule has 0 aromatic heterocycles. The van der Waals surface area contributed by atoms with E-state index in [-0.39, 0.29) is 5.54 Å². The highest BCUT2D eigenvalue weighted by Crippen LogP contribution is 2.46. The fourth-order valence-corrected chi connectivity index (χ4v) is 2.48. The van der Waals surface area contributed by atoms with Gasteiger partial charge < -0.3 is 15.4 Å². The van der Waals surface area contributed by atoms with Crippen molar-refractivity contribution in [2.45, 2.75) is 31.3 Å². The van der Waals surface area contributed by atoms with Gasteiger partial charge in [-0.25, -0.2) is 0 Å². The van der Waals surface area contributed by atoms with E-state index in [0.717, 1.165) is 18.6 Å². The summed E-state index contributed by atoms with van der Waals surface area (Å²) in [5.74, 6) is 0.927. The van der Waals surface area contributed by atoms with Gasteiger partial charge in [0.05, 0.1) is 12.6 Å². The van der Waals surface area contributed by atoms with E-state index < -0.39 is 0 Å². The Kier molecular flexibility index (Phi) is 3.40. The number of nitrogens with two attached hydrogens (primary N) is 1. The molecule has 94 valence electrons. The molecule has 0 bridgehead atoms. The fraction of sp³-hybridized carbons (Fsp3) is 0.571. The van der Waals surface area contributed by atoms with Gasteiger partial charge in [0, 0.05) is 5.54 Å². The second kappa shape index (κ2) is 4.67. The zero-order valence-corrected chi connectivity index (χ0v) is 10.9. The average Bonchev–Trinajstić information content (AvgIpc) is 3.00. The van der Waals surface area contributed by atoms with E-state index in [2.05, 4.69) is 31.1 Å². The first-order valence-electron chi connectivity index (χ1n) is 6.25. The van der Waals surface area contributed by atoms with Crippen LogP contribution in [0.2, 0.25) is 0 Å². The van der Waals surface area contributed by atoms with Crippen LogP contribution < -0.4 is 10.5 Å². The van der Waals surface area contributed by atoms with Crippen molar-refractivity contribution in [1.82, 2.24) is 4.90 Å². The van der Waals surface area contributed by atoms with E-state index in [1.165, 1.54) is 5.56 Å². The summed E-state index contributed by atoms with van der Waals surface area (Å²) in [5.41, 5.74) is 7.59. The maximum absolute atomic E-state index is 6.35. The molecule has 3 heteroatoms. The van der Waals surface area contributed by atoms with E-state index in [1.54, 1.807) is 0 Å². The monoisotopic (exact) mass is 234 g/mol. The highest BCUT2D eigenvalue weighted by Gasteiger charge is 2.47. The smallest absolute Gasteiger partial charge is 0.119 e. The van der Waals surface area contributed by atoms with Crippen molar-refractivity contribution in [1.29, 1.82) is 0 Å². The van der Waals surface area contributed by atoms with Gasteiger partial charge in [-0.05, 0) is 51.6 Å². The number of nitrogens with zero attached hydrogens (tertiary/aromatic N) is 1. The average molecular weight is 234 g/mol. The van der Waals surface area contributed by atoms with Crippen molar-refractivity contribution >= 4 is 0 Å². The van der Waals surface area contributed by atoms with E-state index >= 15 is 0 Å². The molecule has 2 N–H and O–H groups in total. The third-order valence-electron chi connectivity index (χ3n) is 3.40. The van der Waals surface area contributed by atoms with Gasteiger partial charge in [0.1, 0.15) is 5.75 Å². The zero-order valence-electron chi connectivity index (χ0n) is 10.9. The standard InChI is InChI=1S/C14H22N2O/c1-4-17-12-7-5-11(6-8-12)13(16(2)3)14(15)9-10-14/h5-8,13H,4,9-10,15H2,1-3H3. The lowest BCUT2D eigenvalue weighted by Gasteiger charge is -2.30. The Morgan fingerprint density at radius 2 is 1.88 bits per heavy atom. The quantitative estimate of drug-likeness (QED) is 0.848. The Hall–Kier alpha value is -1.06. The van der Waals surface area contributed by atoms with Crippen molar-refractivity contribution in [3.63, 3.8) is 0 Å². The molecular formula is C14H22N2O. The van der Waals surface area contributed by atoms with Gasteiger partial charge in [-0.15, -0.1) is 0 Å². The van der Waals surface area contributed by atoms with E-state index in [4.69, 9.17) is 10.5 Å². The van der Waals surface area contributed by atoms with Crippen LogP contribution in [0.25, 0.3) is 0 Å². The summed E-state index contributed by atoms with van der Waals surface area (Å²) in [6, 6.07) is 8.62. The number of hydrogen-bond acceptors (Lipinski definition) is 3. The minimum atomic E-state index is -0.0311. The number of benzene rings is 1. The minimum absolute atomic E-state index is 0.0311. The highest BCUT2D eigenvalue weighted by molar-refractivity contribution is 5.32. The summed E-state index contributed by atoms with van der Waals surface area (Å²) in [5, 5.41) is 0. The Balaban J connectivity index is 2.19. The van der Waals surface area contributed by atoms with E-state index in [0.29, 0.717) is 12.6 Å². The summed E-state index contributed by atoms with van der Waals surface area (Å²) in [4.78, 5) is 2.21. The molecule has 1 atom stereocenters. The highest BCUT2D eigenvalue weighted by atomic mass is 16.5. The van der Waals surface area contributed by atoms with Gasteiger partial charge in [0.25, 0.3) is 0 Å². The predicted molar refractivity (Wildman–Crippen MR) is 70.2 cm³/mol. The van der Waals surface area contributed by atoms with Crippen LogP contribution in [-0.4, -0.2) is 31.1 Å². The van der Waals surface area contributed by atoms with Gasteiger partial charge >= 0.3 is 0 Å². The summed E-state index contributed by atoms with van der Waals surface area (Å²) in [6.45, 7) is 2.70. The molecule has 0 amide bonds. The molecule has 0 spiro atoms. The first-order chi connectivity index (χ1) is 8.07. The molecule has 3 nitrogen and oxygen atoms in total. The maximum Gasteiger partial charge on any atom is 0.119 e. The Bertz CT molecular complexity index is 368. The van der Waals surface area contributed by atoms with Crippen LogP contribution in [0.4, 0.5) is 0 Å². The lowest BCUT2D eigenvalue weighted by molar-refractivity contribution is 0.245. The molecule has 0 radical (unpaired) electrons. The van der Waals surface area contributed by atoms with Crippen LogP contribution in [0, 0.1) is 0 Å². The second-order valence-corrected chi connectivity index (χ2v) is 5.10. The van der Waals surface area contributed by atoms with Gasteiger partial charge in [-0.3, -0.25) is 0 Å². The molecule has 1 unspecified atom stereocenters. The molecule has 0 heterocycles. The molecular weight excluding hydrogens is 212 g/mol. The molecule has 1 saturated carbocycles. The largest absolute Gasteiger partial charge is 0.494 e. The van der Waals surface area contributed by atoms with E-state index in [9.17, 15) is 0 Å². The van der Waals surface area contributed by atoms with Crippen molar-refractivity contribution in [2.24, 2.45) is 5.73 Å². The molecule has 1 aromatic rings. The lowest BCUT2D eigenvalue weighted by atomic mass is 9.97. The molecule has 2 rings (SSSR count). The van der Waals surface area contributed by atoms with Gasteiger partial charge in [-0.1, -0.05) is 12.1 Å². The number of likely N-dealkylation sites (N-methyl/N-ethyl adjacent to an activating group) is 1. The number of rotatable bonds is 5. The van der Waals surface area contributed by atoms with Gasteiger partial charge in [-0.2, -0.15) is 0 Å². The first-order valence-corrected chi connectivity index (χ1v) is 6.25. The van der Waals surface area contributed by atoms with Crippen LogP contribution in [0.5, 0.6) is 5.75 Å². The van der Waals surface area contributed by atoms with Gasteiger partial charge in [0.15, 0.2) is 0 Å². The normalized spacial score (nSPS) is 19.1. The predicted octanol–water partition coefficient (Wildman–Crippen LogP) is 2.18. The summed E-state index contributed by atoms with van der Waals surface area (Å²) in [6.07, 6.45) is 2.23. The SMILES string of the molecule is CCOc1ccc(C(N(C)C)C2(N)CC2)cc1. The van der Waals surface area contributed by atoms with Crippen LogP contribution in [0.3, 0.4) is 0 Å². The Morgan fingerprint density at radius 1 is 1.29 bits per heavy atom. The molecule has 1 fully saturated rings. The van der Waals surface area contributed by atoms with Crippen molar-refractivity contribution in [3.8, 4) is 5.75 Å². The van der Waals surface area contributed by atoms with Gasteiger partial charge in [0.2, 0.25) is 0 Å². The lowest BCUT2D eigenvalue weighted by Crippen LogP contribution is -2.39. The van der Waals surface area contributed by atoms with Crippen LogP contribution in [-0.2, 0) is 0 Å². The number of ether oxygens (including phenoxy) is 1. The first kappa shape index (κ1) is 12.4. The fourth-order valence-electron chi connectivity index (χ4n) is 2.48. The minimum Gasteiger partial charge on any atom is -0.494 e. The molecule has 1 aliphatic carbocycles. The zero-order chi connectivity index (χ0) is 12.5.